The number of rotatable bonds is 7. The third-order valence-electron chi connectivity index (χ3n) is 3.16. The number of H-pyrrole nitrogens is 1. The molecule has 20 heavy (non-hydrogen) atoms. The van der Waals surface area contributed by atoms with Gasteiger partial charge in [-0.1, -0.05) is 6.92 Å². The molecule has 1 unspecified atom stereocenters. The molecule has 6 heteroatoms. The Morgan fingerprint density at radius 2 is 2.45 bits per heavy atom. The van der Waals surface area contributed by atoms with Crippen LogP contribution in [0.2, 0.25) is 0 Å². The van der Waals surface area contributed by atoms with Crippen molar-refractivity contribution in [1.29, 1.82) is 0 Å². The zero-order valence-corrected chi connectivity index (χ0v) is 11.8. The van der Waals surface area contributed by atoms with E-state index in [2.05, 4.69) is 15.3 Å². The molecule has 0 saturated heterocycles. The molecule has 108 valence electrons. The molecule has 0 aliphatic rings. The molecule has 0 aliphatic carbocycles. The van der Waals surface area contributed by atoms with Gasteiger partial charge in [0.05, 0.1) is 12.6 Å². The van der Waals surface area contributed by atoms with E-state index in [1.807, 2.05) is 23.8 Å². The van der Waals surface area contributed by atoms with Crippen LogP contribution in [0.3, 0.4) is 0 Å². The highest BCUT2D eigenvalue weighted by atomic mass is 16.5. The van der Waals surface area contributed by atoms with E-state index in [4.69, 9.17) is 4.74 Å². The van der Waals surface area contributed by atoms with Crippen molar-refractivity contribution in [3.63, 3.8) is 0 Å². The molecule has 6 nitrogen and oxygen atoms in total. The van der Waals surface area contributed by atoms with Gasteiger partial charge in [0.1, 0.15) is 11.5 Å². The second-order valence-corrected chi connectivity index (χ2v) is 4.49. The molecule has 0 bridgehead atoms. The van der Waals surface area contributed by atoms with Crippen LogP contribution in [0.5, 0.6) is 0 Å². The molecule has 1 atom stereocenters. The molecule has 0 spiro atoms. The van der Waals surface area contributed by atoms with Crippen LogP contribution in [0.1, 0.15) is 35.7 Å². The number of nitrogens with zero attached hydrogens (tertiary/aromatic N) is 2. The Kier molecular flexibility index (Phi) is 4.95. The van der Waals surface area contributed by atoms with Crippen LogP contribution < -0.4 is 5.32 Å². The minimum Gasteiger partial charge on any atom is -0.383 e. The number of methoxy groups -OCH3 is 1. The van der Waals surface area contributed by atoms with Gasteiger partial charge in [0.2, 0.25) is 0 Å². The summed E-state index contributed by atoms with van der Waals surface area (Å²) in [5, 5.41) is 2.99. The fraction of sp³-hybridized carbons (Fsp3) is 0.429. The average molecular weight is 276 g/mol. The summed E-state index contributed by atoms with van der Waals surface area (Å²) < 4.78 is 6.93. The molecule has 0 saturated carbocycles. The fourth-order valence-corrected chi connectivity index (χ4v) is 2.07. The van der Waals surface area contributed by atoms with Gasteiger partial charge in [-0.15, -0.1) is 0 Å². The van der Waals surface area contributed by atoms with Crippen LogP contribution in [-0.4, -0.2) is 34.2 Å². The number of aromatic nitrogens is 3. The van der Waals surface area contributed by atoms with E-state index in [0.717, 1.165) is 12.2 Å². The van der Waals surface area contributed by atoms with E-state index in [-0.39, 0.29) is 11.9 Å². The summed E-state index contributed by atoms with van der Waals surface area (Å²) in [6.07, 6.45) is 6.09. The number of nitrogens with one attached hydrogen (secondary N) is 2. The Labute approximate surface area is 118 Å². The van der Waals surface area contributed by atoms with Crippen LogP contribution in [0.4, 0.5) is 0 Å². The quantitative estimate of drug-likeness (QED) is 0.809. The molecular weight excluding hydrogens is 256 g/mol. The van der Waals surface area contributed by atoms with Crippen LogP contribution in [0.25, 0.3) is 0 Å². The third kappa shape index (κ3) is 3.27. The van der Waals surface area contributed by atoms with E-state index >= 15 is 0 Å². The van der Waals surface area contributed by atoms with Crippen molar-refractivity contribution in [2.75, 3.05) is 13.7 Å². The van der Waals surface area contributed by atoms with Crippen molar-refractivity contribution in [1.82, 2.24) is 19.9 Å². The molecule has 1 amide bonds. The predicted octanol–water partition coefficient (Wildman–Crippen LogP) is 1.74. The molecule has 2 aromatic rings. The highest BCUT2D eigenvalue weighted by Gasteiger charge is 2.17. The van der Waals surface area contributed by atoms with Crippen molar-refractivity contribution in [3.8, 4) is 0 Å². The van der Waals surface area contributed by atoms with Gasteiger partial charge in [0, 0.05) is 32.2 Å². The fourth-order valence-electron chi connectivity index (χ4n) is 2.07. The molecule has 0 radical (unpaired) electrons. The lowest BCUT2D eigenvalue weighted by atomic mass is 10.2. The first-order valence-electron chi connectivity index (χ1n) is 6.70. The number of amides is 1. The normalized spacial score (nSPS) is 12.3. The Hall–Kier alpha value is -2.08. The number of carbonyl (C=O) groups is 1. The summed E-state index contributed by atoms with van der Waals surface area (Å²) in [5.74, 6) is 0.671. The Balaban J connectivity index is 2.06. The van der Waals surface area contributed by atoms with E-state index in [0.29, 0.717) is 18.8 Å². The van der Waals surface area contributed by atoms with E-state index < -0.39 is 0 Å². The van der Waals surface area contributed by atoms with E-state index in [1.54, 1.807) is 25.6 Å². The molecule has 0 fully saturated rings. The van der Waals surface area contributed by atoms with Crippen LogP contribution in [-0.2, 0) is 11.3 Å². The van der Waals surface area contributed by atoms with Crippen molar-refractivity contribution in [3.05, 3.63) is 42.2 Å². The number of imidazole rings is 1. The third-order valence-corrected chi connectivity index (χ3v) is 3.16. The monoisotopic (exact) mass is 276 g/mol. The zero-order chi connectivity index (χ0) is 14.4. The maximum Gasteiger partial charge on any atom is 0.268 e. The average Bonchev–Trinajstić information content (AvgIpc) is 3.13. The first-order chi connectivity index (χ1) is 9.76. The molecule has 0 aromatic carbocycles. The lowest BCUT2D eigenvalue weighted by molar-refractivity contribution is 0.0921. The number of carbonyl (C=O) groups excluding carboxylic acids is 1. The van der Waals surface area contributed by atoms with Crippen molar-refractivity contribution >= 4 is 5.91 Å². The second kappa shape index (κ2) is 6.91. The number of hydrogen-bond donors (Lipinski definition) is 2. The van der Waals surface area contributed by atoms with Gasteiger partial charge in [-0.2, -0.15) is 0 Å². The minimum absolute atomic E-state index is 0.102. The molecule has 2 N–H and O–H groups in total. The summed E-state index contributed by atoms with van der Waals surface area (Å²) in [4.78, 5) is 19.6. The molecule has 0 aliphatic heterocycles. The molecule has 2 heterocycles. The Bertz CT molecular complexity index is 533. The van der Waals surface area contributed by atoms with E-state index in [1.165, 1.54) is 0 Å². The number of hydrogen-bond acceptors (Lipinski definition) is 3. The van der Waals surface area contributed by atoms with Crippen molar-refractivity contribution in [2.24, 2.45) is 0 Å². The van der Waals surface area contributed by atoms with Gasteiger partial charge in [0.25, 0.3) is 5.91 Å². The van der Waals surface area contributed by atoms with E-state index in [9.17, 15) is 4.79 Å². The molecule has 2 aromatic heterocycles. The molecular formula is C14H20N4O2. The minimum atomic E-state index is -0.108. The lowest BCUT2D eigenvalue weighted by Gasteiger charge is -2.15. The lowest BCUT2D eigenvalue weighted by Crippen LogP contribution is -2.30. The molecule has 2 rings (SSSR count). The highest BCUT2D eigenvalue weighted by molar-refractivity contribution is 5.92. The first kappa shape index (κ1) is 14.3. The Morgan fingerprint density at radius 3 is 3.10 bits per heavy atom. The Morgan fingerprint density at radius 1 is 1.60 bits per heavy atom. The summed E-state index contributed by atoms with van der Waals surface area (Å²) >= 11 is 0. The van der Waals surface area contributed by atoms with Crippen molar-refractivity contribution < 1.29 is 9.53 Å². The van der Waals surface area contributed by atoms with Crippen molar-refractivity contribution in [2.45, 2.75) is 25.9 Å². The maximum absolute atomic E-state index is 12.3. The van der Waals surface area contributed by atoms with Gasteiger partial charge in [-0.05, 0) is 18.6 Å². The van der Waals surface area contributed by atoms with Gasteiger partial charge in [-0.25, -0.2) is 4.98 Å². The topological polar surface area (TPSA) is 71.9 Å². The number of ether oxygens (including phenoxy) is 1. The summed E-state index contributed by atoms with van der Waals surface area (Å²) in [5.41, 5.74) is 0.632. The second-order valence-electron chi connectivity index (χ2n) is 4.49. The van der Waals surface area contributed by atoms with Crippen LogP contribution >= 0.6 is 0 Å². The standard InChI is InChI=1S/C14H20N4O2/c1-3-11(13-15-6-7-16-13)17-14(19)12-5-4-8-18(12)9-10-20-2/h4-8,11H,3,9-10H2,1-2H3,(H,15,16)(H,17,19). The van der Waals surface area contributed by atoms with Gasteiger partial charge in [0.15, 0.2) is 0 Å². The predicted molar refractivity (Wildman–Crippen MR) is 75.4 cm³/mol. The largest absolute Gasteiger partial charge is 0.383 e. The van der Waals surface area contributed by atoms with Gasteiger partial charge >= 0.3 is 0 Å². The maximum atomic E-state index is 12.3. The SMILES string of the molecule is CCC(NC(=O)c1cccn1CCOC)c1ncc[nH]1. The van der Waals surface area contributed by atoms with Crippen LogP contribution in [0.15, 0.2) is 30.7 Å². The summed E-state index contributed by atoms with van der Waals surface area (Å²) in [6.45, 7) is 3.24. The highest BCUT2D eigenvalue weighted by Crippen LogP contribution is 2.13. The van der Waals surface area contributed by atoms with Crippen LogP contribution in [0, 0.1) is 0 Å². The summed E-state index contributed by atoms with van der Waals surface area (Å²) in [6, 6.07) is 3.56. The zero-order valence-electron chi connectivity index (χ0n) is 11.8. The smallest absolute Gasteiger partial charge is 0.268 e. The summed E-state index contributed by atoms with van der Waals surface area (Å²) in [7, 11) is 1.65. The van der Waals surface area contributed by atoms with Gasteiger partial charge < -0.3 is 19.6 Å². The number of aromatic amines is 1. The first-order valence-corrected chi connectivity index (χ1v) is 6.70. The van der Waals surface area contributed by atoms with Gasteiger partial charge in [-0.3, -0.25) is 4.79 Å².